The highest BCUT2D eigenvalue weighted by Crippen LogP contribution is 2.36. The summed E-state index contributed by atoms with van der Waals surface area (Å²) in [7, 11) is 0. The van der Waals surface area contributed by atoms with Crippen LogP contribution in [0.5, 0.6) is 11.5 Å². The molecule has 1 aliphatic heterocycles. The van der Waals surface area contributed by atoms with Gasteiger partial charge >= 0.3 is 0 Å². The van der Waals surface area contributed by atoms with E-state index in [0.29, 0.717) is 5.56 Å². The molecule has 1 aliphatic rings. The summed E-state index contributed by atoms with van der Waals surface area (Å²) in [5.41, 5.74) is 1.63. The Morgan fingerprint density at radius 1 is 1.07 bits per heavy atom. The van der Waals surface area contributed by atoms with E-state index in [0.717, 1.165) is 11.1 Å². The number of rotatable bonds is 4. The molecule has 3 aromatic rings. The number of benzene rings is 2. The Labute approximate surface area is 165 Å². The monoisotopic (exact) mass is 400 g/mol. The molecule has 4 N–H and O–H groups in total. The van der Waals surface area contributed by atoms with Crippen LogP contribution in [0.3, 0.4) is 0 Å². The van der Waals surface area contributed by atoms with Gasteiger partial charge in [-0.1, -0.05) is 24.3 Å². The first-order valence-corrected chi connectivity index (χ1v) is 9.05. The summed E-state index contributed by atoms with van der Waals surface area (Å²) in [6, 6.07) is 10.2. The van der Waals surface area contributed by atoms with Crippen molar-refractivity contribution in [2.75, 3.05) is 6.61 Å². The van der Waals surface area contributed by atoms with Crippen LogP contribution in [0.2, 0.25) is 0 Å². The minimum absolute atomic E-state index is 0.0726. The minimum Gasteiger partial charge on any atom is -0.502 e. The fraction of sp³-hybridized carbons (Fsp3) is 0.286. The number of phenols is 1. The van der Waals surface area contributed by atoms with E-state index >= 15 is 0 Å². The molecule has 1 aromatic heterocycles. The van der Waals surface area contributed by atoms with Gasteiger partial charge in [-0.15, -0.1) is 0 Å². The average Bonchev–Trinajstić information content (AvgIpc) is 2.99. The molecule has 29 heavy (non-hydrogen) atoms. The molecule has 0 saturated carbocycles. The molecule has 1 saturated heterocycles. The molecule has 4 rings (SSSR count). The molecule has 0 aliphatic carbocycles. The molecule has 0 spiro atoms. The number of fused-ring (bicyclic) bond motifs is 1. The van der Waals surface area contributed by atoms with Crippen molar-refractivity contribution in [1.29, 1.82) is 0 Å². The second-order valence-corrected chi connectivity index (χ2v) is 6.91. The van der Waals surface area contributed by atoms with E-state index < -0.39 is 37.0 Å². The summed E-state index contributed by atoms with van der Waals surface area (Å²) >= 11 is 0. The maximum atomic E-state index is 12.9. The van der Waals surface area contributed by atoms with E-state index in [1.165, 1.54) is 18.4 Å². The quantitative estimate of drug-likeness (QED) is 0.516. The van der Waals surface area contributed by atoms with Crippen LogP contribution in [0, 0.1) is 6.92 Å². The van der Waals surface area contributed by atoms with E-state index in [2.05, 4.69) is 0 Å². The van der Waals surface area contributed by atoms with Gasteiger partial charge in [0.15, 0.2) is 11.3 Å². The van der Waals surface area contributed by atoms with Gasteiger partial charge in [0, 0.05) is 0 Å². The van der Waals surface area contributed by atoms with Crippen LogP contribution in [-0.4, -0.2) is 51.6 Å². The van der Waals surface area contributed by atoms with E-state index in [-0.39, 0.29) is 22.1 Å². The first-order valence-electron chi connectivity index (χ1n) is 9.05. The maximum absolute atomic E-state index is 12.9. The summed E-state index contributed by atoms with van der Waals surface area (Å²) < 4.78 is 16.2. The number of phenolic OH excluding ortho intramolecular Hbond substituents is 1. The Morgan fingerprint density at radius 2 is 1.83 bits per heavy atom. The Bertz CT molecular complexity index is 1110. The SMILES string of the molecule is Cc1ccccc1-c1coc2c(O)c(O[C@H]3O[C@H](CO)[C@@H](O)[C@@H]3O)ccc2c1=O. The van der Waals surface area contributed by atoms with Gasteiger partial charge in [-0.2, -0.15) is 0 Å². The number of aryl methyl sites for hydroxylation is 1. The molecule has 2 aromatic carbocycles. The smallest absolute Gasteiger partial charge is 0.229 e. The summed E-state index contributed by atoms with van der Waals surface area (Å²) in [5, 5.41) is 39.6. The summed E-state index contributed by atoms with van der Waals surface area (Å²) in [6.45, 7) is 1.38. The van der Waals surface area contributed by atoms with E-state index in [9.17, 15) is 20.1 Å². The molecule has 0 amide bonds. The third-order valence-corrected chi connectivity index (χ3v) is 5.06. The number of hydrogen-bond donors (Lipinski definition) is 4. The molecule has 1 fully saturated rings. The third kappa shape index (κ3) is 3.26. The van der Waals surface area contributed by atoms with Crippen molar-refractivity contribution in [3.8, 4) is 22.6 Å². The Balaban J connectivity index is 1.71. The van der Waals surface area contributed by atoms with Crippen molar-refractivity contribution in [2.24, 2.45) is 0 Å². The predicted molar refractivity (Wildman–Crippen MR) is 103 cm³/mol. The molecule has 152 valence electrons. The van der Waals surface area contributed by atoms with Gasteiger partial charge in [-0.25, -0.2) is 0 Å². The highest BCUT2D eigenvalue weighted by Gasteiger charge is 2.44. The fourth-order valence-electron chi connectivity index (χ4n) is 3.41. The van der Waals surface area contributed by atoms with Crippen LogP contribution < -0.4 is 10.2 Å². The first kappa shape index (κ1) is 19.4. The van der Waals surface area contributed by atoms with Gasteiger partial charge in [0.2, 0.25) is 17.5 Å². The predicted octanol–water partition coefficient (Wildman–Crippen LogP) is 1.29. The van der Waals surface area contributed by atoms with Crippen molar-refractivity contribution < 1.29 is 34.3 Å². The van der Waals surface area contributed by atoms with Crippen LogP contribution in [0.4, 0.5) is 0 Å². The number of aliphatic hydroxyl groups is 3. The zero-order chi connectivity index (χ0) is 20.7. The highest BCUT2D eigenvalue weighted by atomic mass is 16.7. The molecule has 0 radical (unpaired) electrons. The van der Waals surface area contributed by atoms with Gasteiger partial charge < -0.3 is 34.3 Å². The van der Waals surface area contributed by atoms with Crippen LogP contribution in [0.25, 0.3) is 22.1 Å². The lowest BCUT2D eigenvalue weighted by atomic mass is 10.0. The third-order valence-electron chi connectivity index (χ3n) is 5.06. The lowest BCUT2D eigenvalue weighted by Gasteiger charge is -2.18. The van der Waals surface area contributed by atoms with Gasteiger partial charge in [0.1, 0.15) is 24.6 Å². The van der Waals surface area contributed by atoms with Crippen molar-refractivity contribution >= 4 is 11.0 Å². The topological polar surface area (TPSA) is 130 Å². The van der Waals surface area contributed by atoms with Crippen molar-refractivity contribution in [3.05, 3.63) is 58.4 Å². The molecule has 0 bridgehead atoms. The normalized spacial score (nSPS) is 24.1. The average molecular weight is 400 g/mol. The molecule has 2 heterocycles. The zero-order valence-electron chi connectivity index (χ0n) is 15.5. The first-order chi connectivity index (χ1) is 13.9. The van der Waals surface area contributed by atoms with E-state index in [1.807, 2.05) is 31.2 Å². The van der Waals surface area contributed by atoms with Crippen molar-refractivity contribution in [1.82, 2.24) is 0 Å². The maximum Gasteiger partial charge on any atom is 0.229 e. The molecular formula is C21H20O8. The summed E-state index contributed by atoms with van der Waals surface area (Å²) in [5.74, 6) is -0.534. The molecule has 8 heteroatoms. The second-order valence-electron chi connectivity index (χ2n) is 6.91. The lowest BCUT2D eigenvalue weighted by molar-refractivity contribution is -0.117. The number of ether oxygens (including phenoxy) is 2. The van der Waals surface area contributed by atoms with Gasteiger partial charge in [-0.05, 0) is 30.2 Å². The Hall–Kier alpha value is -2.91. The van der Waals surface area contributed by atoms with Gasteiger partial charge in [-0.3, -0.25) is 4.79 Å². The largest absolute Gasteiger partial charge is 0.502 e. The van der Waals surface area contributed by atoms with Crippen molar-refractivity contribution in [3.63, 3.8) is 0 Å². The van der Waals surface area contributed by atoms with Gasteiger partial charge in [0.05, 0.1) is 17.6 Å². The number of hydrogen-bond acceptors (Lipinski definition) is 8. The van der Waals surface area contributed by atoms with E-state index in [4.69, 9.17) is 19.0 Å². The minimum atomic E-state index is -1.42. The standard InChI is InChI=1S/C21H20O8/c1-10-4-2-3-5-11(10)13-9-27-20-12(16(13)23)6-7-14(18(20)25)28-21-19(26)17(24)15(8-22)29-21/h2-7,9,15,17,19,21-22,24-26H,8H2,1H3/t15-,17-,19+,21+/m1/s1. The van der Waals surface area contributed by atoms with Crippen LogP contribution in [0.1, 0.15) is 5.56 Å². The Morgan fingerprint density at radius 3 is 2.52 bits per heavy atom. The van der Waals surface area contributed by atoms with Crippen molar-refractivity contribution in [2.45, 2.75) is 31.5 Å². The fourth-order valence-corrected chi connectivity index (χ4v) is 3.41. The highest BCUT2D eigenvalue weighted by molar-refractivity contribution is 5.88. The van der Waals surface area contributed by atoms with E-state index in [1.54, 1.807) is 0 Å². The Kier molecular flexibility index (Phi) is 5.01. The molecule has 8 nitrogen and oxygen atoms in total. The van der Waals surface area contributed by atoms with Crippen LogP contribution in [-0.2, 0) is 4.74 Å². The summed E-state index contributed by atoms with van der Waals surface area (Å²) in [6.07, 6.45) is -3.78. The van der Waals surface area contributed by atoms with Gasteiger partial charge in [0.25, 0.3) is 0 Å². The van der Waals surface area contributed by atoms with Crippen LogP contribution >= 0.6 is 0 Å². The molecule has 4 atom stereocenters. The number of aromatic hydroxyl groups is 1. The number of aliphatic hydroxyl groups excluding tert-OH is 3. The summed E-state index contributed by atoms with van der Waals surface area (Å²) in [4.78, 5) is 12.9. The zero-order valence-corrected chi connectivity index (χ0v) is 15.5. The van der Waals surface area contributed by atoms with Crippen LogP contribution in [0.15, 0.2) is 51.9 Å². The molecular weight excluding hydrogens is 380 g/mol. The lowest BCUT2D eigenvalue weighted by Crippen LogP contribution is -2.35. The molecule has 0 unspecified atom stereocenters. The second kappa shape index (κ2) is 7.49.